The van der Waals surface area contributed by atoms with Crippen LogP contribution in [-0.4, -0.2) is 21.6 Å². The number of nitrogens with one attached hydrogen (secondary N) is 2. The number of aryl methyl sites for hydroxylation is 1. The molecule has 0 fully saturated rings. The lowest BCUT2D eigenvalue weighted by Crippen LogP contribution is -2.14. The maximum Gasteiger partial charge on any atom is 0.276 e. The molecule has 7 nitrogen and oxygen atoms in total. The smallest absolute Gasteiger partial charge is 0.276 e. The van der Waals surface area contributed by atoms with Crippen molar-refractivity contribution in [2.45, 2.75) is 13.8 Å². The minimum atomic E-state index is -0.392. The second-order valence-electron chi connectivity index (χ2n) is 6.95. The highest BCUT2D eigenvalue weighted by Gasteiger charge is 2.19. The van der Waals surface area contributed by atoms with Crippen molar-refractivity contribution in [3.8, 4) is 17.1 Å². The molecular weight excluding hydrogens is 416 g/mol. The van der Waals surface area contributed by atoms with Gasteiger partial charge in [0.25, 0.3) is 5.91 Å². The average Bonchev–Trinajstić information content (AvgIpc) is 3.39. The number of nitrogens with zero attached hydrogens (tertiary/aromatic N) is 2. The van der Waals surface area contributed by atoms with E-state index in [-0.39, 0.29) is 11.6 Å². The Kier molecular flexibility index (Phi) is 5.60. The number of benzene rings is 2. The zero-order chi connectivity index (χ0) is 22.0. The molecule has 2 heterocycles. The number of rotatable bonds is 5. The number of hydrogen-bond donors (Lipinski definition) is 2. The van der Waals surface area contributed by atoms with Crippen molar-refractivity contribution in [2.24, 2.45) is 0 Å². The summed E-state index contributed by atoms with van der Waals surface area (Å²) < 4.78 is 7.14. The fourth-order valence-corrected chi connectivity index (χ4v) is 3.31. The van der Waals surface area contributed by atoms with Gasteiger partial charge >= 0.3 is 0 Å². The lowest BCUT2D eigenvalue weighted by molar-refractivity contribution is -0.114. The molecule has 2 aromatic carbocycles. The third-order valence-corrected chi connectivity index (χ3v) is 4.81. The maximum absolute atomic E-state index is 13.0. The molecule has 2 aromatic heterocycles. The van der Waals surface area contributed by atoms with Crippen molar-refractivity contribution in [2.75, 3.05) is 10.6 Å². The van der Waals surface area contributed by atoms with E-state index in [1.54, 1.807) is 53.4 Å². The Morgan fingerprint density at radius 1 is 1.03 bits per heavy atom. The predicted octanol–water partition coefficient (Wildman–Crippen LogP) is 5.30. The first-order valence-electron chi connectivity index (χ1n) is 9.50. The predicted molar refractivity (Wildman–Crippen MR) is 120 cm³/mol. The average molecular weight is 435 g/mol. The van der Waals surface area contributed by atoms with E-state index >= 15 is 0 Å². The zero-order valence-electron chi connectivity index (χ0n) is 16.8. The van der Waals surface area contributed by atoms with Gasteiger partial charge in [-0.3, -0.25) is 9.59 Å². The van der Waals surface area contributed by atoms with Crippen molar-refractivity contribution >= 4 is 34.8 Å². The summed E-state index contributed by atoms with van der Waals surface area (Å²) in [6.45, 7) is 3.29. The molecule has 4 aromatic rings. The fourth-order valence-electron chi connectivity index (χ4n) is 3.12. The van der Waals surface area contributed by atoms with Gasteiger partial charge in [0.1, 0.15) is 5.69 Å². The van der Waals surface area contributed by atoms with Crippen LogP contribution < -0.4 is 10.6 Å². The Hall–Kier alpha value is -3.84. The van der Waals surface area contributed by atoms with Crippen LogP contribution in [0.5, 0.6) is 0 Å². The Morgan fingerprint density at radius 2 is 1.87 bits per heavy atom. The Balaban J connectivity index is 1.70. The van der Waals surface area contributed by atoms with E-state index in [9.17, 15) is 9.59 Å². The lowest BCUT2D eigenvalue weighted by atomic mass is 10.1. The zero-order valence-corrected chi connectivity index (χ0v) is 17.6. The van der Waals surface area contributed by atoms with Crippen LogP contribution in [0.15, 0.2) is 71.3 Å². The largest absolute Gasteiger partial charge is 0.463 e. The number of carbonyl (C=O) groups is 2. The molecule has 156 valence electrons. The first-order valence-corrected chi connectivity index (χ1v) is 9.88. The van der Waals surface area contributed by atoms with Gasteiger partial charge in [-0.15, -0.1) is 0 Å². The summed E-state index contributed by atoms with van der Waals surface area (Å²) in [5.74, 6) is -0.0171. The molecule has 0 unspecified atom stereocenters. The van der Waals surface area contributed by atoms with Gasteiger partial charge in [-0.2, -0.15) is 5.10 Å². The van der Waals surface area contributed by atoms with Crippen molar-refractivity contribution in [3.05, 3.63) is 83.2 Å². The van der Waals surface area contributed by atoms with Crippen LogP contribution in [0.3, 0.4) is 0 Å². The minimum Gasteiger partial charge on any atom is -0.463 e. The molecule has 2 N–H and O–H groups in total. The molecule has 0 saturated heterocycles. The van der Waals surface area contributed by atoms with E-state index < -0.39 is 5.91 Å². The number of amides is 2. The Morgan fingerprint density at radius 3 is 2.58 bits per heavy atom. The van der Waals surface area contributed by atoms with Gasteiger partial charge in [0, 0.05) is 29.4 Å². The molecule has 0 aliphatic heterocycles. The van der Waals surface area contributed by atoms with Gasteiger partial charge in [-0.05, 0) is 55.0 Å². The normalized spacial score (nSPS) is 10.7. The van der Waals surface area contributed by atoms with Crippen LogP contribution in [-0.2, 0) is 4.79 Å². The Labute approximate surface area is 183 Å². The molecule has 0 atom stereocenters. The number of aromatic nitrogens is 2. The van der Waals surface area contributed by atoms with E-state index in [0.29, 0.717) is 33.5 Å². The van der Waals surface area contributed by atoms with E-state index in [0.717, 1.165) is 5.56 Å². The van der Waals surface area contributed by atoms with Gasteiger partial charge in [-0.1, -0.05) is 23.7 Å². The Bertz CT molecular complexity index is 1260. The highest BCUT2D eigenvalue weighted by atomic mass is 35.5. The summed E-state index contributed by atoms with van der Waals surface area (Å²) in [5, 5.41) is 10.6. The van der Waals surface area contributed by atoms with Crippen molar-refractivity contribution in [3.63, 3.8) is 0 Å². The summed E-state index contributed by atoms with van der Waals surface area (Å²) >= 11 is 6.14. The molecule has 0 bridgehead atoms. The summed E-state index contributed by atoms with van der Waals surface area (Å²) in [6, 6.07) is 17.7. The van der Waals surface area contributed by atoms with Crippen molar-refractivity contribution < 1.29 is 14.0 Å². The highest BCUT2D eigenvalue weighted by Crippen LogP contribution is 2.27. The first-order chi connectivity index (χ1) is 14.9. The van der Waals surface area contributed by atoms with E-state index in [1.807, 2.05) is 25.1 Å². The van der Waals surface area contributed by atoms with Crippen LogP contribution in [0.4, 0.5) is 11.4 Å². The van der Waals surface area contributed by atoms with Gasteiger partial charge in [0.05, 0.1) is 12.0 Å². The van der Waals surface area contributed by atoms with Crippen LogP contribution >= 0.6 is 11.6 Å². The molecule has 2 amide bonds. The molecule has 0 saturated carbocycles. The maximum atomic E-state index is 13.0. The van der Waals surface area contributed by atoms with Crippen LogP contribution in [0, 0.1) is 6.92 Å². The van der Waals surface area contributed by atoms with Crippen molar-refractivity contribution in [1.29, 1.82) is 0 Å². The first kappa shape index (κ1) is 20.4. The fraction of sp³-hybridized carbons (Fsp3) is 0.0870. The van der Waals surface area contributed by atoms with Crippen LogP contribution in [0.25, 0.3) is 17.1 Å². The second-order valence-corrected chi connectivity index (χ2v) is 7.39. The van der Waals surface area contributed by atoms with Crippen LogP contribution in [0.1, 0.15) is 23.0 Å². The third-order valence-electron chi connectivity index (χ3n) is 4.57. The molecule has 0 radical (unpaired) electrons. The molecule has 31 heavy (non-hydrogen) atoms. The molecule has 4 rings (SSSR count). The topological polar surface area (TPSA) is 89.2 Å². The van der Waals surface area contributed by atoms with Crippen molar-refractivity contribution in [1.82, 2.24) is 9.78 Å². The van der Waals surface area contributed by atoms with Gasteiger partial charge < -0.3 is 15.1 Å². The monoisotopic (exact) mass is 434 g/mol. The van der Waals surface area contributed by atoms with Crippen LogP contribution in [0.2, 0.25) is 5.02 Å². The lowest BCUT2D eigenvalue weighted by Gasteiger charge is -2.10. The summed E-state index contributed by atoms with van der Waals surface area (Å²) in [5.41, 5.74) is 3.53. The summed E-state index contributed by atoms with van der Waals surface area (Å²) in [7, 11) is 0. The standard InChI is InChI=1S/C23H19ClN4O3/c1-14-8-9-17(25-15(2)29)12-19(14)26-23(30)20-13-21(22-7-4-10-31-22)28(27-20)18-6-3-5-16(24)11-18/h3-13H,1-2H3,(H,25,29)(H,26,30). The molecule has 0 spiro atoms. The van der Waals surface area contributed by atoms with E-state index in [1.165, 1.54) is 6.92 Å². The molecule has 0 aliphatic carbocycles. The number of furan rings is 1. The highest BCUT2D eigenvalue weighted by molar-refractivity contribution is 6.30. The van der Waals surface area contributed by atoms with E-state index in [4.69, 9.17) is 16.0 Å². The number of halogens is 1. The number of anilines is 2. The SMILES string of the molecule is CC(=O)Nc1ccc(C)c(NC(=O)c2cc(-c3ccco3)n(-c3cccc(Cl)c3)n2)c1. The van der Waals surface area contributed by atoms with Gasteiger partial charge in [0.2, 0.25) is 5.91 Å². The third kappa shape index (κ3) is 4.51. The second kappa shape index (κ2) is 8.49. The van der Waals surface area contributed by atoms with E-state index in [2.05, 4.69) is 15.7 Å². The molecule has 8 heteroatoms. The number of carbonyl (C=O) groups excluding carboxylic acids is 2. The molecule has 0 aliphatic rings. The molecular formula is C23H19ClN4O3. The minimum absolute atomic E-state index is 0.190. The van der Waals surface area contributed by atoms with Gasteiger partial charge in [0.15, 0.2) is 11.5 Å². The number of hydrogen-bond acceptors (Lipinski definition) is 4. The summed E-state index contributed by atoms with van der Waals surface area (Å²) in [4.78, 5) is 24.3. The summed E-state index contributed by atoms with van der Waals surface area (Å²) in [6.07, 6.45) is 1.56. The quantitative estimate of drug-likeness (QED) is 0.445. The van der Waals surface area contributed by atoms with Gasteiger partial charge in [-0.25, -0.2) is 4.68 Å².